The maximum absolute atomic E-state index is 15.9. The van der Waals surface area contributed by atoms with Gasteiger partial charge in [0.25, 0.3) is 5.56 Å². The number of nitrogens with two attached hydrogens (primary N) is 2. The lowest BCUT2D eigenvalue weighted by Crippen LogP contribution is -2.34. The number of halogens is 1. The van der Waals surface area contributed by atoms with Gasteiger partial charge in [-0.15, -0.1) is 0 Å². The summed E-state index contributed by atoms with van der Waals surface area (Å²) in [5.41, 5.74) is 11.1. The van der Waals surface area contributed by atoms with Crippen LogP contribution in [-0.2, 0) is 36.7 Å². The summed E-state index contributed by atoms with van der Waals surface area (Å²) in [6, 6.07) is 0. The fourth-order valence-electron chi connectivity index (χ4n) is 5.22. The van der Waals surface area contributed by atoms with E-state index in [0.717, 1.165) is 10.9 Å². The van der Waals surface area contributed by atoms with Gasteiger partial charge in [0.05, 0.1) is 25.9 Å². The van der Waals surface area contributed by atoms with E-state index in [1.165, 1.54) is 17.2 Å². The molecular weight excluding hydrogens is 653 g/mol. The second-order valence-corrected chi connectivity index (χ2v) is 13.8. The van der Waals surface area contributed by atoms with Gasteiger partial charge in [0.15, 0.2) is 41.3 Å². The van der Waals surface area contributed by atoms with Crippen LogP contribution in [0.4, 0.5) is 16.2 Å². The van der Waals surface area contributed by atoms with Crippen molar-refractivity contribution >= 4 is 61.4 Å². The first-order chi connectivity index (χ1) is 21.0. The lowest BCUT2D eigenvalue weighted by molar-refractivity contribution is -0.0563. The molecule has 2 unspecified atom stereocenters. The maximum atomic E-state index is 15.9. The van der Waals surface area contributed by atoms with E-state index in [-0.39, 0.29) is 34.1 Å². The molecule has 0 spiro atoms. The zero-order valence-electron chi connectivity index (χ0n) is 21.9. The Hall–Kier alpha value is -3.04. The van der Waals surface area contributed by atoms with Gasteiger partial charge in [-0.05, 0) is 0 Å². The van der Waals surface area contributed by atoms with E-state index < -0.39 is 83.0 Å². The number of aliphatic hydroxyl groups is 1. The summed E-state index contributed by atoms with van der Waals surface area (Å²) < 4.78 is 78.4. The van der Waals surface area contributed by atoms with Gasteiger partial charge in [-0.2, -0.15) is 4.98 Å². The van der Waals surface area contributed by atoms with Gasteiger partial charge >= 0.3 is 15.1 Å². The fourth-order valence-corrected chi connectivity index (χ4v) is 7.55. The van der Waals surface area contributed by atoms with Crippen LogP contribution in [-0.4, -0.2) is 94.0 Å². The Kier molecular flexibility index (Phi) is 7.47. The standard InChI is InChI=1S/C20H23FN10O10P2S/c21-8-12-7(39-18(8)31-5-27-10-16(31)28-20(23)29-17(10)33)1-36-42(34)40-13-11(32)6(2-37-43(35,44)41-12)38-19(13)30-4-26-9-14(22)24-3-25-15(9)30/h3-8,11-13,18-19,32,42H,1-2H2,(H,35,44)(H2,22,24,25)(H3,23,28,29,33)/t6-,7-,8-,11-,12-,13-,18-,19-,43?/m1/s1. The number of aromatic amines is 1. The summed E-state index contributed by atoms with van der Waals surface area (Å²) in [5.74, 6) is -0.164. The van der Waals surface area contributed by atoms with E-state index in [4.69, 9.17) is 39.0 Å². The second kappa shape index (κ2) is 11.1. The molecule has 4 aromatic heterocycles. The Morgan fingerprint density at radius 2 is 1.77 bits per heavy atom. The topological polar surface area (TPSA) is 269 Å². The number of H-pyrrole nitrogens is 1. The number of aliphatic hydroxyl groups excluding tert-OH is 1. The predicted molar refractivity (Wildman–Crippen MR) is 148 cm³/mol. The van der Waals surface area contributed by atoms with Crippen LogP contribution in [0.2, 0.25) is 0 Å². The number of alkyl halides is 1. The molecule has 3 aliphatic rings. The number of nitrogen functional groups attached to an aromatic ring is 2. The SMILES string of the molecule is Nc1nc2c(ncn2[C@@H]2O[C@@H]3CO[PH](=O)O[C@@H]4[C@H](O)[C@@H](COP(=O)(S)O[C@H]3[C@H]2F)O[C@H]4n2cnc3c(N)ncnc32)c(=O)[nH]1. The quantitative estimate of drug-likeness (QED) is 0.137. The Labute approximate surface area is 249 Å². The van der Waals surface area contributed by atoms with Crippen molar-refractivity contribution in [3.8, 4) is 0 Å². The molecule has 44 heavy (non-hydrogen) atoms. The second-order valence-electron chi connectivity index (χ2n) is 9.90. The lowest BCUT2D eigenvalue weighted by Gasteiger charge is -2.24. The van der Waals surface area contributed by atoms with E-state index >= 15 is 4.39 Å². The van der Waals surface area contributed by atoms with Crippen LogP contribution in [0, 0.1) is 0 Å². The molecule has 3 fully saturated rings. The van der Waals surface area contributed by atoms with Crippen LogP contribution in [0.15, 0.2) is 23.8 Å². The highest BCUT2D eigenvalue weighted by Crippen LogP contribution is 2.57. The summed E-state index contributed by atoms with van der Waals surface area (Å²) in [6.45, 7) is -5.54. The van der Waals surface area contributed by atoms with Gasteiger partial charge in [0.2, 0.25) is 5.95 Å². The average molecular weight is 676 g/mol. The number of rotatable bonds is 2. The molecule has 4 aromatic rings. The number of ether oxygens (including phenoxy) is 2. The van der Waals surface area contributed by atoms with Gasteiger partial charge in [0, 0.05) is 0 Å². The smallest absolute Gasteiger partial charge is 0.386 e. The number of hydrogen-bond donors (Lipinski definition) is 5. The first-order valence-electron chi connectivity index (χ1n) is 12.8. The highest BCUT2D eigenvalue weighted by Gasteiger charge is 2.52. The predicted octanol–water partition coefficient (Wildman–Crippen LogP) is -0.138. The summed E-state index contributed by atoms with van der Waals surface area (Å²) in [4.78, 5) is 34.6. The summed E-state index contributed by atoms with van der Waals surface area (Å²) >= 11 is 3.99. The summed E-state index contributed by atoms with van der Waals surface area (Å²) in [6.07, 6.45) is -8.19. The van der Waals surface area contributed by atoms with Crippen LogP contribution in [0.25, 0.3) is 22.3 Å². The summed E-state index contributed by atoms with van der Waals surface area (Å²) in [5, 5.41) is 11.0. The molecular formula is C20H23FN10O10P2S. The van der Waals surface area contributed by atoms with Crippen LogP contribution in [0.1, 0.15) is 12.5 Å². The molecule has 20 nitrogen and oxygen atoms in total. The Morgan fingerprint density at radius 1 is 1.05 bits per heavy atom. The molecule has 0 saturated carbocycles. The summed E-state index contributed by atoms with van der Waals surface area (Å²) in [7, 11) is -3.44. The van der Waals surface area contributed by atoms with E-state index in [1.807, 2.05) is 0 Å². The van der Waals surface area contributed by atoms with E-state index in [0.29, 0.717) is 0 Å². The van der Waals surface area contributed by atoms with Crippen LogP contribution < -0.4 is 17.0 Å². The van der Waals surface area contributed by atoms with Crippen LogP contribution >= 0.6 is 27.3 Å². The van der Waals surface area contributed by atoms with Crippen molar-refractivity contribution in [2.24, 2.45) is 0 Å². The number of imidazole rings is 2. The molecule has 0 radical (unpaired) electrons. The molecule has 2 bridgehead atoms. The molecule has 3 aliphatic heterocycles. The molecule has 236 valence electrons. The Bertz CT molecular complexity index is 1880. The van der Waals surface area contributed by atoms with Crippen molar-refractivity contribution in [2.45, 2.75) is 49.1 Å². The van der Waals surface area contributed by atoms with Crippen molar-refractivity contribution < 1.29 is 46.2 Å². The normalized spacial score (nSPS) is 36.6. The van der Waals surface area contributed by atoms with Crippen molar-refractivity contribution in [3.63, 3.8) is 0 Å². The van der Waals surface area contributed by atoms with Crippen molar-refractivity contribution in [1.29, 1.82) is 0 Å². The third kappa shape index (κ3) is 5.10. The molecule has 6 N–H and O–H groups in total. The lowest BCUT2D eigenvalue weighted by atomic mass is 10.1. The number of anilines is 2. The largest absolute Gasteiger partial charge is 0.387 e. The van der Waals surface area contributed by atoms with Gasteiger partial charge in [0.1, 0.15) is 42.4 Å². The van der Waals surface area contributed by atoms with Crippen LogP contribution in [0.5, 0.6) is 0 Å². The Morgan fingerprint density at radius 3 is 2.57 bits per heavy atom. The molecule has 7 heterocycles. The third-order valence-corrected chi connectivity index (χ3v) is 9.70. The minimum atomic E-state index is -4.38. The van der Waals surface area contributed by atoms with Gasteiger partial charge < -0.3 is 30.6 Å². The van der Waals surface area contributed by atoms with Crippen molar-refractivity contribution in [2.75, 3.05) is 24.7 Å². The van der Waals surface area contributed by atoms with Gasteiger partial charge in [-0.3, -0.25) is 37.0 Å². The zero-order chi connectivity index (χ0) is 30.9. The molecule has 24 heteroatoms. The zero-order valence-corrected chi connectivity index (χ0v) is 24.7. The molecule has 0 aliphatic carbocycles. The van der Waals surface area contributed by atoms with Crippen LogP contribution in [0.3, 0.4) is 0 Å². The fraction of sp³-hybridized carbons (Fsp3) is 0.500. The first-order valence-corrected chi connectivity index (χ1v) is 16.7. The number of nitrogens with zero attached hydrogens (tertiary/aromatic N) is 7. The minimum Gasteiger partial charge on any atom is -0.387 e. The molecule has 0 aromatic carbocycles. The molecule has 3 saturated heterocycles. The van der Waals surface area contributed by atoms with E-state index in [1.54, 1.807) is 0 Å². The third-order valence-electron chi connectivity index (χ3n) is 7.22. The van der Waals surface area contributed by atoms with E-state index in [9.17, 15) is 19.0 Å². The monoisotopic (exact) mass is 676 g/mol. The van der Waals surface area contributed by atoms with E-state index in [2.05, 4.69) is 42.2 Å². The molecule has 10 atom stereocenters. The van der Waals surface area contributed by atoms with Crippen molar-refractivity contribution in [3.05, 3.63) is 29.3 Å². The van der Waals surface area contributed by atoms with Gasteiger partial charge in [-0.25, -0.2) is 28.9 Å². The van der Waals surface area contributed by atoms with Crippen molar-refractivity contribution in [1.82, 2.24) is 39.0 Å². The number of aromatic nitrogens is 8. The highest BCUT2D eigenvalue weighted by molar-refractivity contribution is 8.44. The number of hydrogen-bond acceptors (Lipinski definition) is 17. The molecule has 0 amide bonds. The minimum absolute atomic E-state index is 0.0854. The highest BCUT2D eigenvalue weighted by atomic mass is 32.7. The molecule has 7 rings (SSSR count). The van der Waals surface area contributed by atoms with Gasteiger partial charge in [-0.1, -0.05) is 12.2 Å². The number of fused-ring (bicyclic) bond motifs is 5. The Balaban J connectivity index is 1.18. The number of nitrogens with one attached hydrogen (secondary N) is 1. The number of thiol groups is 1. The first kappa shape index (κ1) is 29.7. The maximum Gasteiger partial charge on any atom is 0.386 e. The average Bonchev–Trinajstić information content (AvgIpc) is 3.72.